The number of hydrogen-bond donors (Lipinski definition) is 1. The third-order valence-corrected chi connectivity index (χ3v) is 2.04. The molecule has 0 spiro atoms. The molecule has 2 heterocycles. The van der Waals surface area contributed by atoms with E-state index in [4.69, 9.17) is 16.7 Å². The summed E-state index contributed by atoms with van der Waals surface area (Å²) in [6.07, 6.45) is 2.77. The molecule has 0 bridgehead atoms. The van der Waals surface area contributed by atoms with Gasteiger partial charge in [0.2, 0.25) is 0 Å². The van der Waals surface area contributed by atoms with Gasteiger partial charge in [-0.05, 0) is 6.07 Å². The summed E-state index contributed by atoms with van der Waals surface area (Å²) >= 11 is 5.51. The van der Waals surface area contributed by atoms with E-state index in [0.29, 0.717) is 5.69 Å². The third-order valence-electron chi connectivity index (χ3n) is 1.78. The fourth-order valence-electron chi connectivity index (χ4n) is 1.07. The van der Waals surface area contributed by atoms with Crippen LogP contribution in [-0.4, -0.2) is 25.1 Å². The third kappa shape index (κ3) is 1.81. The highest BCUT2D eigenvalue weighted by molar-refractivity contribution is 6.29. The van der Waals surface area contributed by atoms with Crippen LogP contribution >= 0.6 is 11.6 Å². The van der Waals surface area contributed by atoms with Crippen LogP contribution in [0.15, 0.2) is 18.5 Å². The second kappa shape index (κ2) is 3.92. The van der Waals surface area contributed by atoms with Crippen LogP contribution in [0.2, 0.25) is 5.15 Å². The predicted octanol–water partition coefficient (Wildman–Crippen LogP) is 0.947. The van der Waals surface area contributed by atoms with E-state index >= 15 is 0 Å². The zero-order chi connectivity index (χ0) is 10.8. The van der Waals surface area contributed by atoms with Crippen LogP contribution in [-0.2, 0) is 6.61 Å². The van der Waals surface area contributed by atoms with Gasteiger partial charge in [0.05, 0.1) is 12.8 Å². The Kier molecular flexibility index (Phi) is 2.61. The number of halogens is 2. The Morgan fingerprint density at radius 3 is 3.00 bits per heavy atom. The topological polar surface area (TPSA) is 63.8 Å². The van der Waals surface area contributed by atoms with Gasteiger partial charge >= 0.3 is 0 Å². The molecule has 0 atom stereocenters. The number of rotatable bonds is 2. The molecule has 0 radical (unpaired) electrons. The highest BCUT2D eigenvalue weighted by Crippen LogP contribution is 2.17. The largest absolute Gasteiger partial charge is 0.390 e. The maximum atomic E-state index is 13.5. The molecule has 0 amide bonds. The second-order valence-corrected chi connectivity index (χ2v) is 3.11. The van der Waals surface area contributed by atoms with Gasteiger partial charge in [0.25, 0.3) is 0 Å². The molecule has 5 nitrogen and oxygen atoms in total. The van der Waals surface area contributed by atoms with E-state index in [1.54, 1.807) is 0 Å². The van der Waals surface area contributed by atoms with Gasteiger partial charge in [-0.2, -0.15) is 0 Å². The average Bonchev–Trinajstić information content (AvgIpc) is 2.70. The van der Waals surface area contributed by atoms with E-state index < -0.39 is 5.82 Å². The van der Waals surface area contributed by atoms with Crippen LogP contribution in [0.25, 0.3) is 5.69 Å². The van der Waals surface area contributed by atoms with Crippen molar-refractivity contribution in [1.29, 1.82) is 0 Å². The number of aliphatic hydroxyl groups is 1. The Hall–Kier alpha value is -1.53. The Labute approximate surface area is 89.1 Å². The SMILES string of the molecule is OCc1cn(-c2ccnc(Cl)c2F)nn1. The fourth-order valence-corrected chi connectivity index (χ4v) is 1.23. The molecular formula is C8H6ClFN4O. The van der Waals surface area contributed by atoms with Crippen molar-refractivity contribution in [3.8, 4) is 5.69 Å². The molecule has 1 N–H and O–H groups in total. The first kappa shape index (κ1) is 10.0. The molecule has 0 aromatic carbocycles. The molecule has 2 aromatic heterocycles. The lowest BCUT2D eigenvalue weighted by molar-refractivity contribution is 0.276. The molecule has 0 aliphatic rings. The summed E-state index contributed by atoms with van der Waals surface area (Å²) < 4.78 is 14.6. The molecule has 78 valence electrons. The second-order valence-electron chi connectivity index (χ2n) is 2.75. The highest BCUT2D eigenvalue weighted by Gasteiger charge is 2.10. The zero-order valence-electron chi connectivity index (χ0n) is 7.43. The lowest BCUT2D eigenvalue weighted by Crippen LogP contribution is -2.00. The van der Waals surface area contributed by atoms with E-state index in [1.165, 1.54) is 23.1 Å². The van der Waals surface area contributed by atoms with Gasteiger partial charge in [0.1, 0.15) is 11.4 Å². The Bertz CT molecular complexity index is 487. The predicted molar refractivity (Wildman–Crippen MR) is 50.0 cm³/mol. The van der Waals surface area contributed by atoms with E-state index in [1.807, 2.05) is 0 Å². The smallest absolute Gasteiger partial charge is 0.186 e. The number of aromatic nitrogens is 4. The van der Waals surface area contributed by atoms with E-state index in [9.17, 15) is 4.39 Å². The molecule has 0 aliphatic carbocycles. The van der Waals surface area contributed by atoms with Gasteiger partial charge in [-0.25, -0.2) is 14.1 Å². The minimum absolute atomic E-state index is 0.141. The minimum atomic E-state index is -0.673. The summed E-state index contributed by atoms with van der Waals surface area (Å²) in [6.45, 7) is -0.250. The van der Waals surface area contributed by atoms with Crippen molar-refractivity contribution in [2.75, 3.05) is 0 Å². The van der Waals surface area contributed by atoms with E-state index in [0.717, 1.165) is 0 Å². The number of hydrogen-bond acceptors (Lipinski definition) is 4. The highest BCUT2D eigenvalue weighted by atomic mass is 35.5. The summed E-state index contributed by atoms with van der Waals surface area (Å²) in [7, 11) is 0. The van der Waals surface area contributed by atoms with Crippen molar-refractivity contribution >= 4 is 11.6 Å². The summed E-state index contributed by atoms with van der Waals surface area (Å²) in [5.74, 6) is -0.673. The molecule has 15 heavy (non-hydrogen) atoms. The maximum Gasteiger partial charge on any atom is 0.186 e. The first-order valence-corrected chi connectivity index (χ1v) is 4.42. The Morgan fingerprint density at radius 1 is 1.53 bits per heavy atom. The lowest BCUT2D eigenvalue weighted by Gasteiger charge is -2.01. The lowest BCUT2D eigenvalue weighted by atomic mass is 10.4. The van der Waals surface area contributed by atoms with Crippen LogP contribution < -0.4 is 0 Å². The first-order valence-electron chi connectivity index (χ1n) is 4.05. The minimum Gasteiger partial charge on any atom is -0.390 e. The molecule has 0 saturated heterocycles. The number of aliphatic hydroxyl groups excluding tert-OH is 1. The molecule has 0 fully saturated rings. The molecule has 7 heteroatoms. The van der Waals surface area contributed by atoms with E-state index in [-0.39, 0.29) is 17.4 Å². The standard InChI is InChI=1S/C8H6ClFN4O/c9-8-7(10)6(1-2-11-8)14-3-5(4-15)12-13-14/h1-3,15H,4H2. The summed E-state index contributed by atoms with van der Waals surface area (Å²) in [6, 6.07) is 1.41. The van der Waals surface area contributed by atoms with Gasteiger partial charge in [0, 0.05) is 6.20 Å². The van der Waals surface area contributed by atoms with Crippen LogP contribution in [0.5, 0.6) is 0 Å². The normalized spacial score (nSPS) is 10.6. The van der Waals surface area contributed by atoms with Crippen LogP contribution in [0.4, 0.5) is 4.39 Å². The van der Waals surface area contributed by atoms with E-state index in [2.05, 4.69) is 15.3 Å². The van der Waals surface area contributed by atoms with Crippen molar-refractivity contribution in [2.45, 2.75) is 6.61 Å². The van der Waals surface area contributed by atoms with Crippen molar-refractivity contribution in [3.05, 3.63) is 35.1 Å². The van der Waals surface area contributed by atoms with Gasteiger partial charge in [-0.3, -0.25) is 0 Å². The monoisotopic (exact) mass is 228 g/mol. The number of pyridine rings is 1. The fraction of sp³-hybridized carbons (Fsp3) is 0.125. The summed E-state index contributed by atoms with van der Waals surface area (Å²) in [4.78, 5) is 3.57. The number of nitrogens with zero attached hydrogens (tertiary/aromatic N) is 4. The Morgan fingerprint density at radius 2 is 2.33 bits per heavy atom. The molecule has 0 saturated carbocycles. The first-order chi connectivity index (χ1) is 7.22. The summed E-state index contributed by atoms with van der Waals surface area (Å²) in [5, 5.41) is 15.8. The summed E-state index contributed by atoms with van der Waals surface area (Å²) in [5.41, 5.74) is 0.490. The van der Waals surface area contributed by atoms with Gasteiger partial charge in [0.15, 0.2) is 11.0 Å². The Balaban J connectivity index is 2.49. The van der Waals surface area contributed by atoms with Crippen LogP contribution in [0, 0.1) is 5.82 Å². The molecule has 0 unspecified atom stereocenters. The average molecular weight is 229 g/mol. The van der Waals surface area contributed by atoms with Gasteiger partial charge in [-0.1, -0.05) is 16.8 Å². The van der Waals surface area contributed by atoms with Crippen molar-refractivity contribution < 1.29 is 9.50 Å². The van der Waals surface area contributed by atoms with Crippen molar-refractivity contribution in [2.24, 2.45) is 0 Å². The molecular weight excluding hydrogens is 223 g/mol. The maximum absolute atomic E-state index is 13.5. The van der Waals surface area contributed by atoms with Crippen molar-refractivity contribution in [1.82, 2.24) is 20.0 Å². The zero-order valence-corrected chi connectivity index (χ0v) is 8.19. The quantitative estimate of drug-likeness (QED) is 0.778. The van der Waals surface area contributed by atoms with Gasteiger partial charge < -0.3 is 5.11 Å². The van der Waals surface area contributed by atoms with Gasteiger partial charge in [-0.15, -0.1) is 5.10 Å². The molecule has 2 aromatic rings. The van der Waals surface area contributed by atoms with Crippen LogP contribution in [0.3, 0.4) is 0 Å². The molecule has 2 rings (SSSR count). The van der Waals surface area contributed by atoms with Crippen LogP contribution in [0.1, 0.15) is 5.69 Å². The van der Waals surface area contributed by atoms with Crippen molar-refractivity contribution in [3.63, 3.8) is 0 Å². The molecule has 0 aliphatic heterocycles.